The second-order valence-corrected chi connectivity index (χ2v) is 7.65. The summed E-state index contributed by atoms with van der Waals surface area (Å²) in [7, 11) is 3.66. The number of carbonyl (C=O) groups is 1. The summed E-state index contributed by atoms with van der Waals surface area (Å²) in [5.74, 6) is 1.61. The molecule has 1 aliphatic carbocycles. The lowest BCUT2D eigenvalue weighted by Gasteiger charge is -2.35. The van der Waals surface area contributed by atoms with Gasteiger partial charge in [-0.05, 0) is 31.7 Å². The largest absolute Gasteiger partial charge is 0.356 e. The molecule has 2 saturated heterocycles. The molecule has 0 spiro atoms. The number of likely N-dealkylation sites (tertiary alicyclic amines) is 1. The highest BCUT2D eigenvalue weighted by atomic mass is 16.2. The lowest BCUT2D eigenvalue weighted by atomic mass is 10.1. The minimum Gasteiger partial charge on any atom is -0.356 e. The van der Waals surface area contributed by atoms with Crippen LogP contribution in [-0.4, -0.2) is 83.8 Å². The highest BCUT2D eigenvalue weighted by Gasteiger charge is 2.34. The standard InChI is InChI=1S/C18H29N7O/c1-19-18(20-9-14-5-6-23(11-14)15-3-4-15)24-7-8-25(17(26)13-24)16-10-21-22(2)12-16/h10,12,14-15H,3-9,11,13H2,1-2H3,(H,19,20). The van der Waals surface area contributed by atoms with Gasteiger partial charge in [0.05, 0.1) is 11.9 Å². The lowest BCUT2D eigenvalue weighted by molar-refractivity contribution is -0.120. The first-order valence-corrected chi connectivity index (χ1v) is 9.62. The van der Waals surface area contributed by atoms with Gasteiger partial charge in [0.2, 0.25) is 5.91 Å². The first kappa shape index (κ1) is 17.3. The summed E-state index contributed by atoms with van der Waals surface area (Å²) in [6.07, 6.45) is 7.64. The van der Waals surface area contributed by atoms with Crippen molar-refractivity contribution >= 4 is 17.6 Å². The SMILES string of the molecule is CN=C(NCC1CCN(C2CC2)C1)N1CCN(c2cnn(C)c2)C(=O)C1. The summed E-state index contributed by atoms with van der Waals surface area (Å²) in [4.78, 5) is 23.5. The van der Waals surface area contributed by atoms with Crippen molar-refractivity contribution in [3.8, 4) is 0 Å². The van der Waals surface area contributed by atoms with Gasteiger partial charge in [-0.2, -0.15) is 5.10 Å². The summed E-state index contributed by atoms with van der Waals surface area (Å²) in [6, 6.07) is 0.859. The zero-order valence-electron chi connectivity index (χ0n) is 15.8. The predicted octanol–water partition coefficient (Wildman–Crippen LogP) is 0.128. The molecular formula is C18H29N7O. The highest BCUT2D eigenvalue weighted by molar-refractivity contribution is 5.98. The van der Waals surface area contributed by atoms with Gasteiger partial charge in [-0.25, -0.2) is 0 Å². The van der Waals surface area contributed by atoms with Crippen LogP contribution in [0.1, 0.15) is 19.3 Å². The van der Waals surface area contributed by atoms with Gasteiger partial charge in [-0.15, -0.1) is 0 Å². The third-order valence-corrected chi connectivity index (χ3v) is 5.66. The number of carbonyl (C=O) groups excluding carboxylic acids is 1. The van der Waals surface area contributed by atoms with Crippen LogP contribution in [0.4, 0.5) is 5.69 Å². The van der Waals surface area contributed by atoms with E-state index in [1.807, 2.05) is 13.2 Å². The molecule has 1 atom stereocenters. The minimum absolute atomic E-state index is 0.0907. The first-order chi connectivity index (χ1) is 12.6. The van der Waals surface area contributed by atoms with Gasteiger partial charge in [-0.3, -0.25) is 14.5 Å². The van der Waals surface area contributed by atoms with Crippen LogP contribution < -0.4 is 10.2 Å². The van der Waals surface area contributed by atoms with Crippen molar-refractivity contribution in [2.24, 2.45) is 18.0 Å². The van der Waals surface area contributed by atoms with E-state index in [1.54, 1.807) is 22.8 Å². The van der Waals surface area contributed by atoms with Crippen molar-refractivity contribution < 1.29 is 4.79 Å². The normalized spacial score (nSPS) is 25.2. The summed E-state index contributed by atoms with van der Waals surface area (Å²) < 4.78 is 1.72. The number of nitrogens with one attached hydrogen (secondary N) is 1. The highest BCUT2D eigenvalue weighted by Crippen LogP contribution is 2.31. The Labute approximate surface area is 154 Å². The Morgan fingerprint density at radius 2 is 2.15 bits per heavy atom. The second kappa shape index (κ2) is 7.26. The molecular weight excluding hydrogens is 330 g/mol. The van der Waals surface area contributed by atoms with Gasteiger partial charge in [0.15, 0.2) is 5.96 Å². The van der Waals surface area contributed by atoms with Crippen LogP contribution in [0.15, 0.2) is 17.4 Å². The number of aliphatic imine (C=N–C) groups is 1. The number of hydrogen-bond acceptors (Lipinski definition) is 4. The van der Waals surface area contributed by atoms with Gasteiger partial charge in [-0.1, -0.05) is 0 Å². The van der Waals surface area contributed by atoms with Crippen LogP contribution in [0.5, 0.6) is 0 Å². The van der Waals surface area contributed by atoms with Crippen molar-refractivity contribution in [3.05, 3.63) is 12.4 Å². The smallest absolute Gasteiger partial charge is 0.246 e. The minimum atomic E-state index is 0.0907. The average molecular weight is 359 g/mol. The number of nitrogens with zero attached hydrogens (tertiary/aromatic N) is 6. The van der Waals surface area contributed by atoms with Crippen LogP contribution in [-0.2, 0) is 11.8 Å². The Kier molecular flexibility index (Phi) is 4.84. The first-order valence-electron chi connectivity index (χ1n) is 9.62. The molecule has 2 aliphatic heterocycles. The Hall–Kier alpha value is -2.09. The van der Waals surface area contributed by atoms with Crippen molar-refractivity contribution in [2.75, 3.05) is 51.2 Å². The van der Waals surface area contributed by atoms with Crippen molar-refractivity contribution in [1.82, 2.24) is 24.9 Å². The number of hydrogen-bond donors (Lipinski definition) is 1. The van der Waals surface area contributed by atoms with E-state index in [0.717, 1.165) is 30.8 Å². The molecule has 3 heterocycles. The van der Waals surface area contributed by atoms with Crippen LogP contribution in [0.3, 0.4) is 0 Å². The number of piperazine rings is 1. The Balaban J connectivity index is 1.28. The van der Waals surface area contributed by atoms with E-state index in [-0.39, 0.29) is 5.91 Å². The van der Waals surface area contributed by atoms with E-state index >= 15 is 0 Å². The molecule has 1 saturated carbocycles. The fourth-order valence-corrected chi connectivity index (χ4v) is 4.04. The maximum Gasteiger partial charge on any atom is 0.246 e. The Morgan fingerprint density at radius 3 is 2.81 bits per heavy atom. The molecule has 1 aromatic heterocycles. The maximum absolute atomic E-state index is 12.6. The monoisotopic (exact) mass is 359 g/mol. The maximum atomic E-state index is 12.6. The van der Waals surface area contributed by atoms with Gasteiger partial charge in [0, 0.05) is 52.5 Å². The van der Waals surface area contributed by atoms with E-state index in [0.29, 0.717) is 19.0 Å². The number of anilines is 1. The van der Waals surface area contributed by atoms with Crippen molar-refractivity contribution in [1.29, 1.82) is 0 Å². The van der Waals surface area contributed by atoms with Crippen LogP contribution in [0.25, 0.3) is 0 Å². The third kappa shape index (κ3) is 3.70. The predicted molar refractivity (Wildman–Crippen MR) is 101 cm³/mol. The van der Waals surface area contributed by atoms with Gasteiger partial charge in [0.25, 0.3) is 0 Å². The van der Waals surface area contributed by atoms with Gasteiger partial charge >= 0.3 is 0 Å². The Morgan fingerprint density at radius 1 is 1.31 bits per heavy atom. The zero-order valence-corrected chi connectivity index (χ0v) is 15.8. The third-order valence-electron chi connectivity index (χ3n) is 5.66. The molecule has 4 rings (SSSR count). The van der Waals surface area contributed by atoms with Gasteiger partial charge in [0.1, 0.15) is 6.54 Å². The number of amides is 1. The second-order valence-electron chi connectivity index (χ2n) is 7.65. The molecule has 3 fully saturated rings. The van der Waals surface area contributed by atoms with E-state index in [4.69, 9.17) is 0 Å². The van der Waals surface area contributed by atoms with E-state index < -0.39 is 0 Å². The summed E-state index contributed by atoms with van der Waals surface area (Å²) in [5.41, 5.74) is 0.867. The number of aryl methyl sites for hydroxylation is 1. The van der Waals surface area contributed by atoms with Crippen LogP contribution >= 0.6 is 0 Å². The van der Waals surface area contributed by atoms with Crippen molar-refractivity contribution in [2.45, 2.75) is 25.3 Å². The lowest BCUT2D eigenvalue weighted by Crippen LogP contribution is -2.55. The zero-order chi connectivity index (χ0) is 18.1. The van der Waals surface area contributed by atoms with Crippen LogP contribution in [0, 0.1) is 5.92 Å². The molecule has 1 amide bonds. The average Bonchev–Trinajstić information content (AvgIpc) is 3.22. The number of aromatic nitrogens is 2. The summed E-state index contributed by atoms with van der Waals surface area (Å²) in [5, 5.41) is 7.66. The molecule has 0 aromatic carbocycles. The fourth-order valence-electron chi connectivity index (χ4n) is 4.04. The molecule has 8 heteroatoms. The molecule has 0 radical (unpaired) electrons. The molecule has 1 unspecified atom stereocenters. The molecule has 3 aliphatic rings. The molecule has 1 N–H and O–H groups in total. The number of guanidine groups is 1. The summed E-state index contributed by atoms with van der Waals surface area (Å²) in [6.45, 7) is 5.16. The number of rotatable bonds is 4. The van der Waals surface area contributed by atoms with Crippen molar-refractivity contribution in [3.63, 3.8) is 0 Å². The molecule has 142 valence electrons. The van der Waals surface area contributed by atoms with E-state index in [1.165, 1.54) is 32.4 Å². The van der Waals surface area contributed by atoms with Gasteiger partial charge < -0.3 is 20.0 Å². The Bertz CT molecular complexity index is 681. The fraction of sp³-hybridized carbons (Fsp3) is 0.722. The molecule has 26 heavy (non-hydrogen) atoms. The molecule has 1 aromatic rings. The van der Waals surface area contributed by atoms with E-state index in [2.05, 4.69) is 25.2 Å². The van der Waals surface area contributed by atoms with E-state index in [9.17, 15) is 4.79 Å². The topological polar surface area (TPSA) is 69.0 Å². The quantitative estimate of drug-likeness (QED) is 0.611. The summed E-state index contributed by atoms with van der Waals surface area (Å²) >= 11 is 0. The molecule has 8 nitrogen and oxygen atoms in total. The van der Waals surface area contributed by atoms with Crippen LogP contribution in [0.2, 0.25) is 0 Å². The molecule has 0 bridgehead atoms.